The standard InChI is InChI=1S/C13H22ClN3O2S/c1-4-16(5-2)8-7-9-17(6-3)13-15-11(14)10(20-13)12(18)19/h4-9H2,1-3H3,(H,18,19). The van der Waals surface area contributed by atoms with Crippen molar-refractivity contribution in [2.24, 2.45) is 0 Å². The Bertz CT molecular complexity index is 435. The predicted molar refractivity (Wildman–Crippen MR) is 84.4 cm³/mol. The molecule has 0 radical (unpaired) electrons. The minimum Gasteiger partial charge on any atom is -0.477 e. The lowest BCUT2D eigenvalue weighted by atomic mass is 10.3. The Hall–Kier alpha value is -0.850. The van der Waals surface area contributed by atoms with Gasteiger partial charge in [-0.3, -0.25) is 0 Å². The van der Waals surface area contributed by atoms with Crippen LogP contribution in [0.15, 0.2) is 0 Å². The van der Waals surface area contributed by atoms with Crippen LogP contribution in [0.1, 0.15) is 36.9 Å². The maximum atomic E-state index is 11.0. The van der Waals surface area contributed by atoms with Crippen LogP contribution in [-0.4, -0.2) is 53.7 Å². The van der Waals surface area contributed by atoms with E-state index in [1.54, 1.807) is 0 Å². The highest BCUT2D eigenvalue weighted by atomic mass is 35.5. The van der Waals surface area contributed by atoms with Crippen LogP contribution < -0.4 is 4.90 Å². The highest BCUT2D eigenvalue weighted by Gasteiger charge is 2.18. The van der Waals surface area contributed by atoms with Gasteiger partial charge in [0.05, 0.1) is 0 Å². The zero-order valence-corrected chi connectivity index (χ0v) is 13.8. The summed E-state index contributed by atoms with van der Waals surface area (Å²) >= 11 is 6.99. The molecule has 0 aliphatic heterocycles. The number of hydrogen-bond acceptors (Lipinski definition) is 5. The number of nitrogens with zero attached hydrogens (tertiary/aromatic N) is 3. The number of rotatable bonds is 9. The summed E-state index contributed by atoms with van der Waals surface area (Å²) < 4.78 is 0. The monoisotopic (exact) mass is 319 g/mol. The van der Waals surface area contributed by atoms with E-state index in [-0.39, 0.29) is 10.0 Å². The van der Waals surface area contributed by atoms with Crippen LogP contribution in [0.2, 0.25) is 5.15 Å². The van der Waals surface area contributed by atoms with Gasteiger partial charge >= 0.3 is 5.97 Å². The third-order valence-electron chi connectivity index (χ3n) is 3.22. The topological polar surface area (TPSA) is 56.7 Å². The highest BCUT2D eigenvalue weighted by molar-refractivity contribution is 7.18. The van der Waals surface area contributed by atoms with Crippen LogP contribution in [0.5, 0.6) is 0 Å². The molecule has 0 aliphatic rings. The minimum atomic E-state index is -1.02. The summed E-state index contributed by atoms with van der Waals surface area (Å²) in [6.07, 6.45) is 1.02. The third-order valence-corrected chi connectivity index (χ3v) is 4.71. The van der Waals surface area contributed by atoms with E-state index in [2.05, 4.69) is 28.6 Å². The largest absolute Gasteiger partial charge is 0.477 e. The summed E-state index contributed by atoms with van der Waals surface area (Å²) in [6, 6.07) is 0. The first-order valence-electron chi connectivity index (χ1n) is 6.90. The molecule has 0 saturated heterocycles. The molecule has 5 nitrogen and oxygen atoms in total. The van der Waals surface area contributed by atoms with E-state index in [0.29, 0.717) is 5.13 Å². The van der Waals surface area contributed by atoms with Crippen LogP contribution in [0.4, 0.5) is 5.13 Å². The van der Waals surface area contributed by atoms with Crippen LogP contribution >= 0.6 is 22.9 Å². The molecular weight excluding hydrogens is 298 g/mol. The van der Waals surface area contributed by atoms with Crippen LogP contribution in [-0.2, 0) is 0 Å². The predicted octanol–water partition coefficient (Wildman–Crippen LogP) is 3.05. The molecule has 1 aromatic rings. The fraction of sp³-hybridized carbons (Fsp3) is 0.692. The maximum absolute atomic E-state index is 11.0. The van der Waals surface area contributed by atoms with Crippen molar-refractivity contribution in [3.8, 4) is 0 Å². The van der Waals surface area contributed by atoms with E-state index in [4.69, 9.17) is 16.7 Å². The second-order valence-electron chi connectivity index (χ2n) is 4.38. The normalized spacial score (nSPS) is 11.1. The zero-order chi connectivity index (χ0) is 15.1. The number of anilines is 1. The molecule has 1 rings (SSSR count). The first-order chi connectivity index (χ1) is 9.53. The smallest absolute Gasteiger partial charge is 0.349 e. The quantitative estimate of drug-likeness (QED) is 0.758. The molecule has 114 valence electrons. The Labute approximate surface area is 129 Å². The van der Waals surface area contributed by atoms with Crippen LogP contribution in [0.3, 0.4) is 0 Å². The lowest BCUT2D eigenvalue weighted by Crippen LogP contribution is -2.29. The number of halogens is 1. The Balaban J connectivity index is 2.62. The lowest BCUT2D eigenvalue weighted by Gasteiger charge is -2.22. The number of carboxylic acid groups (broad SMARTS) is 1. The SMILES string of the molecule is CCN(CC)CCCN(CC)c1nc(Cl)c(C(=O)O)s1. The Morgan fingerprint density at radius 3 is 2.35 bits per heavy atom. The molecular formula is C13H22ClN3O2S. The summed E-state index contributed by atoms with van der Waals surface area (Å²) in [4.78, 5) is 19.7. The number of carbonyl (C=O) groups is 1. The molecule has 1 N–H and O–H groups in total. The van der Waals surface area contributed by atoms with Crippen molar-refractivity contribution < 1.29 is 9.90 Å². The number of thiazole rings is 1. The number of aromatic carboxylic acids is 1. The molecule has 0 saturated carbocycles. The van der Waals surface area contributed by atoms with E-state index >= 15 is 0 Å². The second-order valence-corrected chi connectivity index (χ2v) is 5.72. The first kappa shape index (κ1) is 17.2. The van der Waals surface area contributed by atoms with Gasteiger partial charge in [0.25, 0.3) is 0 Å². The number of carboxylic acids is 1. The molecule has 0 amide bonds. The number of hydrogen-bond donors (Lipinski definition) is 1. The van der Waals surface area contributed by atoms with Gasteiger partial charge in [-0.1, -0.05) is 36.8 Å². The van der Waals surface area contributed by atoms with Crippen molar-refractivity contribution in [1.29, 1.82) is 0 Å². The van der Waals surface area contributed by atoms with Crippen LogP contribution in [0, 0.1) is 0 Å². The summed E-state index contributed by atoms with van der Waals surface area (Å²) in [7, 11) is 0. The van der Waals surface area contributed by atoms with Crippen LogP contribution in [0.25, 0.3) is 0 Å². The molecule has 0 aromatic carbocycles. The summed E-state index contributed by atoms with van der Waals surface area (Å²) in [5.41, 5.74) is 0. The first-order valence-corrected chi connectivity index (χ1v) is 8.09. The summed E-state index contributed by atoms with van der Waals surface area (Å²) in [6.45, 7) is 11.1. The zero-order valence-electron chi connectivity index (χ0n) is 12.2. The van der Waals surface area contributed by atoms with Gasteiger partial charge in [-0.05, 0) is 33.0 Å². The second kappa shape index (κ2) is 8.44. The van der Waals surface area contributed by atoms with Crippen molar-refractivity contribution >= 4 is 34.0 Å². The highest BCUT2D eigenvalue weighted by Crippen LogP contribution is 2.29. The fourth-order valence-corrected chi connectivity index (χ4v) is 3.19. The summed E-state index contributed by atoms with van der Waals surface area (Å²) in [5, 5.41) is 9.78. The van der Waals surface area contributed by atoms with E-state index in [1.807, 2.05) is 6.92 Å². The molecule has 1 heterocycles. The Morgan fingerprint density at radius 1 is 1.25 bits per heavy atom. The molecule has 0 atom stereocenters. The summed E-state index contributed by atoms with van der Waals surface area (Å²) in [5.74, 6) is -1.02. The van der Waals surface area contributed by atoms with Crippen molar-refractivity contribution in [3.63, 3.8) is 0 Å². The van der Waals surface area contributed by atoms with Gasteiger partial charge in [0.2, 0.25) is 0 Å². The van der Waals surface area contributed by atoms with Gasteiger partial charge in [-0.15, -0.1) is 0 Å². The third kappa shape index (κ3) is 4.61. The average molecular weight is 320 g/mol. The van der Waals surface area contributed by atoms with Gasteiger partial charge in [0.15, 0.2) is 15.2 Å². The molecule has 7 heteroatoms. The molecule has 0 bridgehead atoms. The Kier molecular flexibility index (Phi) is 7.26. The van der Waals surface area contributed by atoms with Crippen molar-refractivity contribution in [1.82, 2.24) is 9.88 Å². The fourth-order valence-electron chi connectivity index (χ4n) is 1.97. The van der Waals surface area contributed by atoms with E-state index < -0.39 is 5.97 Å². The van der Waals surface area contributed by atoms with E-state index in [9.17, 15) is 4.79 Å². The number of aromatic nitrogens is 1. The van der Waals surface area contributed by atoms with Gasteiger partial charge in [0.1, 0.15) is 0 Å². The van der Waals surface area contributed by atoms with E-state index in [1.165, 1.54) is 0 Å². The maximum Gasteiger partial charge on any atom is 0.349 e. The van der Waals surface area contributed by atoms with E-state index in [0.717, 1.165) is 50.5 Å². The molecule has 0 unspecified atom stereocenters. The Morgan fingerprint density at radius 2 is 1.90 bits per heavy atom. The molecule has 0 fully saturated rings. The van der Waals surface area contributed by atoms with Gasteiger partial charge in [0, 0.05) is 13.1 Å². The van der Waals surface area contributed by atoms with Gasteiger partial charge < -0.3 is 14.9 Å². The van der Waals surface area contributed by atoms with Crippen molar-refractivity contribution in [2.75, 3.05) is 37.6 Å². The molecule has 0 spiro atoms. The molecule has 0 aliphatic carbocycles. The van der Waals surface area contributed by atoms with Gasteiger partial charge in [-0.25, -0.2) is 9.78 Å². The molecule has 20 heavy (non-hydrogen) atoms. The average Bonchev–Trinajstić information content (AvgIpc) is 2.81. The van der Waals surface area contributed by atoms with Crippen molar-refractivity contribution in [3.05, 3.63) is 10.0 Å². The minimum absolute atomic E-state index is 0.0830. The molecule has 1 aromatic heterocycles. The lowest BCUT2D eigenvalue weighted by molar-refractivity contribution is 0.0702. The van der Waals surface area contributed by atoms with Crippen molar-refractivity contribution in [2.45, 2.75) is 27.2 Å². The van der Waals surface area contributed by atoms with Gasteiger partial charge in [-0.2, -0.15) is 0 Å².